The molecule has 8 nitrogen and oxygen atoms in total. The number of anilines is 1. The van der Waals surface area contributed by atoms with E-state index >= 15 is 0 Å². The molecular formula is C34H35Cl2N3O5S. The maximum Gasteiger partial charge on any atom is 0.264 e. The van der Waals surface area contributed by atoms with Crippen LogP contribution >= 0.6 is 23.2 Å². The van der Waals surface area contributed by atoms with Crippen LogP contribution in [0.1, 0.15) is 24.5 Å². The van der Waals surface area contributed by atoms with Gasteiger partial charge in [-0.3, -0.25) is 13.9 Å². The number of benzene rings is 4. The number of rotatable bonds is 14. The van der Waals surface area contributed by atoms with Crippen LogP contribution in [0.15, 0.2) is 108 Å². The van der Waals surface area contributed by atoms with Crippen LogP contribution < -0.4 is 14.4 Å². The average Bonchev–Trinajstić information content (AvgIpc) is 3.06. The van der Waals surface area contributed by atoms with E-state index in [-0.39, 0.29) is 29.5 Å². The highest BCUT2D eigenvalue weighted by atomic mass is 35.5. The highest BCUT2D eigenvalue weighted by Crippen LogP contribution is 2.30. The Labute approximate surface area is 274 Å². The van der Waals surface area contributed by atoms with Crippen LogP contribution in [-0.2, 0) is 32.6 Å². The van der Waals surface area contributed by atoms with Crippen molar-refractivity contribution in [2.24, 2.45) is 0 Å². The second kappa shape index (κ2) is 15.8. The minimum atomic E-state index is -4.24. The number of ether oxygens (including phenoxy) is 1. The molecule has 0 radical (unpaired) electrons. The van der Waals surface area contributed by atoms with Gasteiger partial charge in [0.25, 0.3) is 10.0 Å². The molecule has 11 heteroatoms. The molecule has 0 aliphatic heterocycles. The number of carbonyl (C=O) groups is 2. The summed E-state index contributed by atoms with van der Waals surface area (Å²) in [5, 5.41) is 3.54. The Morgan fingerprint density at radius 3 is 2.11 bits per heavy atom. The second-order valence-electron chi connectivity index (χ2n) is 10.2. The van der Waals surface area contributed by atoms with Crippen molar-refractivity contribution in [2.45, 2.75) is 37.2 Å². The molecule has 0 heterocycles. The highest BCUT2D eigenvalue weighted by Gasteiger charge is 2.35. The van der Waals surface area contributed by atoms with Gasteiger partial charge in [0.05, 0.1) is 17.7 Å². The minimum Gasteiger partial charge on any atom is -0.497 e. The van der Waals surface area contributed by atoms with Gasteiger partial charge in [-0.1, -0.05) is 90.8 Å². The van der Waals surface area contributed by atoms with Gasteiger partial charge in [-0.2, -0.15) is 0 Å². The first-order chi connectivity index (χ1) is 21.6. The number of nitrogens with one attached hydrogen (secondary N) is 1. The molecule has 0 spiro atoms. The summed E-state index contributed by atoms with van der Waals surface area (Å²) in [6.07, 6.45) is 0.863. The summed E-state index contributed by atoms with van der Waals surface area (Å²) in [6.45, 7) is 1.58. The van der Waals surface area contributed by atoms with Gasteiger partial charge in [0.1, 0.15) is 18.3 Å². The van der Waals surface area contributed by atoms with Crippen LogP contribution in [-0.4, -0.2) is 51.4 Å². The highest BCUT2D eigenvalue weighted by molar-refractivity contribution is 7.92. The summed E-state index contributed by atoms with van der Waals surface area (Å²) in [7, 11) is -2.77. The zero-order chi connectivity index (χ0) is 32.4. The van der Waals surface area contributed by atoms with Gasteiger partial charge in [-0.05, 0) is 48.4 Å². The Morgan fingerprint density at radius 1 is 0.867 bits per heavy atom. The van der Waals surface area contributed by atoms with Crippen molar-refractivity contribution in [2.75, 3.05) is 24.5 Å². The summed E-state index contributed by atoms with van der Waals surface area (Å²) in [5.41, 5.74) is 1.48. The van der Waals surface area contributed by atoms with E-state index in [2.05, 4.69) is 5.32 Å². The number of halogens is 2. The van der Waals surface area contributed by atoms with Gasteiger partial charge in [0.15, 0.2) is 0 Å². The van der Waals surface area contributed by atoms with Gasteiger partial charge < -0.3 is 15.0 Å². The average molecular weight is 669 g/mol. The molecule has 45 heavy (non-hydrogen) atoms. The third-order valence-electron chi connectivity index (χ3n) is 7.16. The fourth-order valence-electron chi connectivity index (χ4n) is 4.79. The number of carbonyl (C=O) groups excluding carboxylic acids is 2. The lowest BCUT2D eigenvalue weighted by molar-refractivity contribution is -0.140. The van der Waals surface area contributed by atoms with Gasteiger partial charge in [0.2, 0.25) is 11.8 Å². The lowest BCUT2D eigenvalue weighted by atomic mass is 10.0. The molecule has 0 aliphatic carbocycles. The number of hydrogen-bond donors (Lipinski definition) is 1. The number of amides is 2. The normalized spacial score (nSPS) is 11.8. The van der Waals surface area contributed by atoms with Crippen LogP contribution in [0.5, 0.6) is 5.75 Å². The Morgan fingerprint density at radius 2 is 1.49 bits per heavy atom. The van der Waals surface area contributed by atoms with E-state index in [9.17, 15) is 18.0 Å². The first-order valence-corrected chi connectivity index (χ1v) is 16.6. The van der Waals surface area contributed by atoms with Crippen LogP contribution in [0.2, 0.25) is 10.0 Å². The van der Waals surface area contributed by atoms with Crippen LogP contribution in [0.25, 0.3) is 0 Å². The van der Waals surface area contributed by atoms with E-state index in [1.165, 1.54) is 24.1 Å². The topological polar surface area (TPSA) is 96.0 Å². The first kappa shape index (κ1) is 33.8. The Balaban J connectivity index is 1.83. The number of sulfonamides is 1. The fraction of sp³-hybridized carbons (Fsp3) is 0.235. The van der Waals surface area contributed by atoms with Gasteiger partial charge >= 0.3 is 0 Å². The fourth-order valence-corrected chi connectivity index (χ4v) is 6.73. The molecule has 0 fully saturated rings. The molecule has 2 amide bonds. The van der Waals surface area contributed by atoms with E-state index in [1.807, 2.05) is 37.3 Å². The van der Waals surface area contributed by atoms with E-state index < -0.39 is 28.5 Å². The summed E-state index contributed by atoms with van der Waals surface area (Å²) < 4.78 is 34.6. The maximum absolute atomic E-state index is 14.5. The summed E-state index contributed by atoms with van der Waals surface area (Å²) in [4.78, 5) is 29.6. The largest absolute Gasteiger partial charge is 0.497 e. The predicted molar refractivity (Wildman–Crippen MR) is 178 cm³/mol. The number of hydrogen-bond acceptors (Lipinski definition) is 5. The molecule has 0 saturated carbocycles. The second-order valence-corrected chi connectivity index (χ2v) is 12.9. The van der Waals surface area contributed by atoms with E-state index in [4.69, 9.17) is 27.9 Å². The quantitative estimate of drug-likeness (QED) is 0.169. The molecule has 0 aromatic heterocycles. The van der Waals surface area contributed by atoms with E-state index in [0.29, 0.717) is 34.3 Å². The lowest BCUT2D eigenvalue weighted by Crippen LogP contribution is -2.53. The lowest BCUT2D eigenvalue weighted by Gasteiger charge is -2.34. The molecule has 0 unspecified atom stereocenters. The minimum absolute atomic E-state index is 0.00263. The van der Waals surface area contributed by atoms with E-state index in [1.54, 1.807) is 60.7 Å². The van der Waals surface area contributed by atoms with Crippen molar-refractivity contribution < 1.29 is 22.7 Å². The standard InChI is InChI=1S/C34H35Cl2N3O5S/c1-3-20-37-34(41)32(21-25-12-6-4-7-13-25)38(23-29-30(35)18-11-19-31(29)36)33(40)24-39(26-14-10-15-27(22-26)44-2)45(42,43)28-16-8-5-9-17-28/h4-19,22,32H,3,20-21,23-24H2,1-2H3,(H,37,41)/t32-/m1/s1. The number of nitrogens with zero attached hydrogens (tertiary/aromatic N) is 2. The molecule has 0 aliphatic rings. The molecular weight excluding hydrogens is 633 g/mol. The molecule has 1 N–H and O–H groups in total. The van der Waals surface area contributed by atoms with Crippen molar-refractivity contribution >= 4 is 50.7 Å². The summed E-state index contributed by atoms with van der Waals surface area (Å²) >= 11 is 13.1. The van der Waals surface area contributed by atoms with Crippen molar-refractivity contribution in [3.63, 3.8) is 0 Å². The van der Waals surface area contributed by atoms with Crippen molar-refractivity contribution in [3.8, 4) is 5.75 Å². The SMILES string of the molecule is CCCNC(=O)[C@@H](Cc1ccccc1)N(Cc1c(Cl)cccc1Cl)C(=O)CN(c1cccc(OC)c1)S(=O)(=O)c1ccccc1. The van der Waals surface area contributed by atoms with Crippen molar-refractivity contribution in [1.82, 2.24) is 10.2 Å². The molecule has 0 bridgehead atoms. The van der Waals surface area contributed by atoms with Crippen molar-refractivity contribution in [1.29, 1.82) is 0 Å². The monoisotopic (exact) mass is 667 g/mol. The Bertz CT molecular complexity index is 1690. The maximum atomic E-state index is 14.5. The third kappa shape index (κ3) is 8.57. The van der Waals surface area contributed by atoms with Gasteiger partial charge in [-0.25, -0.2) is 8.42 Å². The smallest absolute Gasteiger partial charge is 0.264 e. The van der Waals surface area contributed by atoms with Gasteiger partial charge in [-0.15, -0.1) is 0 Å². The van der Waals surface area contributed by atoms with Gasteiger partial charge in [0, 0.05) is 41.2 Å². The first-order valence-electron chi connectivity index (χ1n) is 14.4. The molecule has 4 aromatic rings. The Hall–Kier alpha value is -4.05. The zero-order valence-electron chi connectivity index (χ0n) is 25.0. The third-order valence-corrected chi connectivity index (χ3v) is 9.66. The molecule has 4 aromatic carbocycles. The van der Waals surface area contributed by atoms with E-state index in [0.717, 1.165) is 9.87 Å². The molecule has 1 atom stereocenters. The van der Waals surface area contributed by atoms with Crippen LogP contribution in [0.3, 0.4) is 0 Å². The molecule has 0 saturated heterocycles. The summed E-state index contributed by atoms with van der Waals surface area (Å²) in [6, 6.07) is 27.6. The zero-order valence-corrected chi connectivity index (χ0v) is 27.4. The predicted octanol–water partition coefficient (Wildman–Crippen LogP) is 6.36. The molecule has 4 rings (SSSR count). The van der Waals surface area contributed by atoms with Crippen LogP contribution in [0, 0.1) is 0 Å². The Kier molecular flexibility index (Phi) is 11.9. The van der Waals surface area contributed by atoms with Crippen molar-refractivity contribution in [3.05, 3.63) is 124 Å². The summed E-state index contributed by atoms with van der Waals surface area (Å²) in [5.74, 6) is -0.592. The van der Waals surface area contributed by atoms with Crippen LogP contribution in [0.4, 0.5) is 5.69 Å². The molecule has 236 valence electrons. The number of methoxy groups -OCH3 is 1.